The molecule has 0 unspecified atom stereocenters. The van der Waals surface area contributed by atoms with Crippen LogP contribution in [-0.2, 0) is 4.79 Å². The van der Waals surface area contributed by atoms with E-state index in [1.807, 2.05) is 32.0 Å². The fourth-order valence-electron chi connectivity index (χ4n) is 2.26. The molecule has 1 heterocycles. The van der Waals surface area contributed by atoms with E-state index in [2.05, 4.69) is 10.3 Å². The van der Waals surface area contributed by atoms with Crippen molar-refractivity contribution in [3.05, 3.63) is 47.0 Å². The number of nitrogens with zero attached hydrogens (tertiary/aromatic N) is 1. The van der Waals surface area contributed by atoms with Crippen LogP contribution in [0.4, 0.5) is 5.13 Å². The molecule has 0 spiro atoms. The van der Waals surface area contributed by atoms with Gasteiger partial charge in [-0.2, -0.15) is 0 Å². The minimum absolute atomic E-state index is 0.102. The van der Waals surface area contributed by atoms with Gasteiger partial charge in [-0.05, 0) is 49.7 Å². The van der Waals surface area contributed by atoms with Crippen LogP contribution in [0.1, 0.15) is 12.5 Å². The number of nitrogens with one attached hydrogen (secondary N) is 1. The molecule has 25 heavy (non-hydrogen) atoms. The van der Waals surface area contributed by atoms with E-state index in [1.54, 1.807) is 18.2 Å². The molecular weight excluding hydrogens is 360 g/mol. The van der Waals surface area contributed by atoms with Crippen molar-refractivity contribution in [1.82, 2.24) is 4.98 Å². The second-order valence-electron chi connectivity index (χ2n) is 5.30. The Kier molecular flexibility index (Phi) is 5.40. The number of carbonyl (C=O) groups excluding carboxylic acids is 1. The van der Waals surface area contributed by atoms with E-state index in [4.69, 9.17) is 21.1 Å². The van der Waals surface area contributed by atoms with E-state index < -0.39 is 0 Å². The number of hydrogen-bond donors (Lipinski definition) is 1. The van der Waals surface area contributed by atoms with Gasteiger partial charge in [0.15, 0.2) is 11.7 Å². The summed E-state index contributed by atoms with van der Waals surface area (Å²) in [6, 6.07) is 11.0. The maximum atomic E-state index is 12.1. The van der Waals surface area contributed by atoms with E-state index in [-0.39, 0.29) is 12.5 Å². The maximum absolute atomic E-state index is 12.1. The van der Waals surface area contributed by atoms with Gasteiger partial charge < -0.3 is 9.47 Å². The molecule has 0 aliphatic heterocycles. The highest BCUT2D eigenvalue weighted by atomic mass is 35.5. The zero-order valence-electron chi connectivity index (χ0n) is 13.8. The molecule has 0 aliphatic rings. The van der Waals surface area contributed by atoms with Crippen LogP contribution in [0, 0.1) is 6.92 Å². The summed E-state index contributed by atoms with van der Waals surface area (Å²) in [6.07, 6.45) is 0. The van der Waals surface area contributed by atoms with Crippen LogP contribution >= 0.6 is 22.9 Å². The van der Waals surface area contributed by atoms with E-state index in [1.165, 1.54) is 11.3 Å². The number of halogens is 1. The molecule has 1 N–H and O–H groups in total. The van der Waals surface area contributed by atoms with Crippen molar-refractivity contribution >= 4 is 44.2 Å². The Morgan fingerprint density at radius 3 is 2.88 bits per heavy atom. The fraction of sp³-hybridized carbons (Fsp3) is 0.222. The normalized spacial score (nSPS) is 10.7. The number of fused-ring (bicyclic) bond motifs is 1. The lowest BCUT2D eigenvalue weighted by molar-refractivity contribution is -0.118. The zero-order chi connectivity index (χ0) is 17.8. The summed E-state index contributed by atoms with van der Waals surface area (Å²) in [5, 5.41) is 3.94. The standard InChI is InChI=1S/C18H17ClN2O3S/c1-3-23-14-5-4-6-15-17(14)21-18(25-15)20-16(22)10-24-12-7-8-13(19)11(2)9-12/h4-9H,3,10H2,1-2H3,(H,20,21,22). The van der Waals surface area contributed by atoms with Crippen LogP contribution in [0.3, 0.4) is 0 Å². The quantitative estimate of drug-likeness (QED) is 0.678. The number of thiazole rings is 1. The first kappa shape index (κ1) is 17.5. The second-order valence-corrected chi connectivity index (χ2v) is 6.74. The number of aromatic nitrogens is 1. The molecule has 0 atom stereocenters. The Morgan fingerprint density at radius 1 is 1.28 bits per heavy atom. The van der Waals surface area contributed by atoms with E-state index >= 15 is 0 Å². The van der Waals surface area contributed by atoms with Crippen LogP contribution < -0.4 is 14.8 Å². The lowest BCUT2D eigenvalue weighted by Crippen LogP contribution is -2.20. The van der Waals surface area contributed by atoms with Crippen LogP contribution in [0.15, 0.2) is 36.4 Å². The zero-order valence-corrected chi connectivity index (χ0v) is 15.4. The van der Waals surface area contributed by atoms with Gasteiger partial charge >= 0.3 is 0 Å². The number of anilines is 1. The lowest BCUT2D eigenvalue weighted by Gasteiger charge is -2.07. The first-order valence-corrected chi connectivity index (χ1v) is 8.97. The summed E-state index contributed by atoms with van der Waals surface area (Å²) in [5.41, 5.74) is 1.65. The molecule has 1 aromatic heterocycles. The molecule has 0 radical (unpaired) electrons. The van der Waals surface area contributed by atoms with E-state index in [9.17, 15) is 4.79 Å². The number of para-hydroxylation sites is 1. The third kappa shape index (κ3) is 4.21. The maximum Gasteiger partial charge on any atom is 0.264 e. The Hall–Kier alpha value is -2.31. The van der Waals surface area contributed by atoms with E-state index in [0.29, 0.717) is 28.3 Å². The summed E-state index contributed by atoms with van der Waals surface area (Å²) in [6.45, 7) is 4.26. The van der Waals surface area contributed by atoms with Gasteiger partial charge in [-0.25, -0.2) is 4.98 Å². The van der Waals surface area contributed by atoms with Gasteiger partial charge in [-0.15, -0.1) is 0 Å². The third-order valence-electron chi connectivity index (χ3n) is 3.43. The van der Waals surface area contributed by atoms with Crippen molar-refractivity contribution in [2.45, 2.75) is 13.8 Å². The Morgan fingerprint density at radius 2 is 2.12 bits per heavy atom. The summed E-state index contributed by atoms with van der Waals surface area (Å²) in [5.74, 6) is 1.04. The number of amides is 1. The summed E-state index contributed by atoms with van der Waals surface area (Å²) >= 11 is 7.37. The molecule has 2 aromatic carbocycles. The Labute approximate surface area is 154 Å². The highest BCUT2D eigenvalue weighted by Gasteiger charge is 2.12. The molecule has 7 heteroatoms. The largest absolute Gasteiger partial charge is 0.492 e. The molecule has 0 bridgehead atoms. The van der Waals surface area contributed by atoms with Gasteiger partial charge in [0.25, 0.3) is 5.91 Å². The lowest BCUT2D eigenvalue weighted by atomic mass is 10.2. The topological polar surface area (TPSA) is 60.5 Å². The molecular formula is C18H17ClN2O3S. The molecule has 130 valence electrons. The minimum atomic E-state index is -0.274. The van der Waals surface area contributed by atoms with Gasteiger partial charge in [0.05, 0.1) is 11.3 Å². The fourth-order valence-corrected chi connectivity index (χ4v) is 3.28. The third-order valence-corrected chi connectivity index (χ3v) is 4.79. The van der Waals surface area contributed by atoms with Crippen molar-refractivity contribution in [3.8, 4) is 11.5 Å². The summed E-state index contributed by atoms with van der Waals surface area (Å²) in [4.78, 5) is 16.5. The average molecular weight is 377 g/mol. The molecule has 3 aromatic rings. The number of benzene rings is 2. The smallest absolute Gasteiger partial charge is 0.264 e. The molecule has 3 rings (SSSR count). The summed E-state index contributed by atoms with van der Waals surface area (Å²) in [7, 11) is 0. The Balaban J connectivity index is 1.65. The predicted molar refractivity (Wildman–Crippen MR) is 101 cm³/mol. The number of ether oxygens (including phenoxy) is 2. The van der Waals surface area contributed by atoms with Gasteiger partial charge in [0.1, 0.15) is 17.0 Å². The minimum Gasteiger partial charge on any atom is -0.492 e. The van der Waals surface area contributed by atoms with Gasteiger partial charge in [0.2, 0.25) is 0 Å². The molecule has 1 amide bonds. The van der Waals surface area contributed by atoms with E-state index in [0.717, 1.165) is 15.8 Å². The predicted octanol–water partition coefficient (Wildman–Crippen LogP) is 4.67. The molecule has 5 nitrogen and oxygen atoms in total. The average Bonchev–Trinajstić information content (AvgIpc) is 2.99. The van der Waals surface area contributed by atoms with Gasteiger partial charge in [0, 0.05) is 5.02 Å². The van der Waals surface area contributed by atoms with Crippen molar-refractivity contribution in [2.75, 3.05) is 18.5 Å². The van der Waals surface area contributed by atoms with Crippen molar-refractivity contribution in [3.63, 3.8) is 0 Å². The van der Waals surface area contributed by atoms with Crippen molar-refractivity contribution in [2.24, 2.45) is 0 Å². The first-order chi connectivity index (χ1) is 12.1. The number of aryl methyl sites for hydroxylation is 1. The second kappa shape index (κ2) is 7.72. The number of carbonyl (C=O) groups is 1. The highest BCUT2D eigenvalue weighted by Crippen LogP contribution is 2.32. The molecule has 0 aliphatic carbocycles. The molecule has 0 saturated carbocycles. The van der Waals surface area contributed by atoms with Crippen LogP contribution in [0.2, 0.25) is 5.02 Å². The first-order valence-electron chi connectivity index (χ1n) is 7.78. The van der Waals surface area contributed by atoms with Crippen LogP contribution in [0.5, 0.6) is 11.5 Å². The highest BCUT2D eigenvalue weighted by molar-refractivity contribution is 7.22. The van der Waals surface area contributed by atoms with Crippen LogP contribution in [0.25, 0.3) is 10.2 Å². The number of rotatable bonds is 6. The molecule has 0 fully saturated rings. The number of hydrogen-bond acceptors (Lipinski definition) is 5. The SMILES string of the molecule is CCOc1cccc2sc(NC(=O)COc3ccc(Cl)c(C)c3)nc12. The Bertz CT molecular complexity index is 910. The van der Waals surface area contributed by atoms with Crippen molar-refractivity contribution < 1.29 is 14.3 Å². The van der Waals surface area contributed by atoms with Gasteiger partial charge in [-0.1, -0.05) is 29.0 Å². The summed E-state index contributed by atoms with van der Waals surface area (Å²) < 4.78 is 12.0. The monoisotopic (exact) mass is 376 g/mol. The van der Waals surface area contributed by atoms with Crippen LogP contribution in [-0.4, -0.2) is 24.1 Å². The van der Waals surface area contributed by atoms with Crippen molar-refractivity contribution in [1.29, 1.82) is 0 Å². The molecule has 0 saturated heterocycles. The van der Waals surface area contributed by atoms with Gasteiger partial charge in [-0.3, -0.25) is 10.1 Å².